The van der Waals surface area contributed by atoms with E-state index in [0.29, 0.717) is 0 Å². The topological polar surface area (TPSA) is 41.1 Å². The minimum atomic E-state index is 0.799. The quantitative estimate of drug-likeness (QED) is 0.776. The Morgan fingerprint density at radius 2 is 1.80 bits per heavy atom. The Bertz CT molecular complexity index is 341. The molecule has 5 heteroatoms. The first kappa shape index (κ1) is 9.77. The Kier molecular flexibility index (Phi) is 2.51. The van der Waals surface area contributed by atoms with Crippen molar-refractivity contribution in [2.75, 3.05) is 31.1 Å². The fourth-order valence-corrected chi connectivity index (χ4v) is 2.77. The first-order valence-corrected chi connectivity index (χ1v) is 6.34. The summed E-state index contributed by atoms with van der Waals surface area (Å²) in [6.45, 7) is 4.54. The lowest BCUT2D eigenvalue weighted by Gasteiger charge is -2.16. The van der Waals surface area contributed by atoms with Gasteiger partial charge in [0.25, 0.3) is 0 Å². The molecule has 4 nitrogen and oxygen atoms in total. The highest BCUT2D eigenvalue weighted by Gasteiger charge is 2.36. The van der Waals surface area contributed by atoms with Gasteiger partial charge in [-0.15, -0.1) is 0 Å². The highest BCUT2D eigenvalue weighted by atomic mass is 127. The van der Waals surface area contributed by atoms with E-state index in [1.807, 2.05) is 12.4 Å². The number of nitrogens with one attached hydrogen (secondary N) is 1. The summed E-state index contributed by atoms with van der Waals surface area (Å²) in [5, 5.41) is 3.44. The standard InChI is InChI=1S/C10H13IN4/c11-9-3-13-10(14-4-9)15-5-7-1-12-2-8(7)6-15/h3-4,7-8,12H,1-2,5-6H2/t7-,8+. The molecule has 2 atom stereocenters. The monoisotopic (exact) mass is 316 g/mol. The van der Waals surface area contributed by atoms with Crippen molar-refractivity contribution in [3.8, 4) is 0 Å². The van der Waals surface area contributed by atoms with Crippen LogP contribution in [0.25, 0.3) is 0 Å². The second-order valence-electron chi connectivity index (χ2n) is 4.28. The molecule has 0 unspecified atom stereocenters. The molecule has 80 valence electrons. The predicted molar refractivity (Wildman–Crippen MR) is 66.8 cm³/mol. The van der Waals surface area contributed by atoms with E-state index in [-0.39, 0.29) is 0 Å². The lowest BCUT2D eigenvalue weighted by Crippen LogP contribution is -2.26. The number of fused-ring (bicyclic) bond motifs is 1. The maximum atomic E-state index is 4.37. The van der Waals surface area contributed by atoms with E-state index in [2.05, 4.69) is 42.8 Å². The van der Waals surface area contributed by atoms with Crippen molar-refractivity contribution in [1.29, 1.82) is 0 Å². The molecule has 3 rings (SSSR count). The normalized spacial score (nSPS) is 29.5. The van der Waals surface area contributed by atoms with Gasteiger partial charge >= 0.3 is 0 Å². The number of aromatic nitrogens is 2. The molecule has 1 N–H and O–H groups in total. The van der Waals surface area contributed by atoms with Gasteiger partial charge in [-0.25, -0.2) is 9.97 Å². The number of anilines is 1. The molecular formula is C10H13IN4. The van der Waals surface area contributed by atoms with Crippen LogP contribution in [0, 0.1) is 15.4 Å². The average molecular weight is 316 g/mol. The maximum absolute atomic E-state index is 4.37. The highest BCUT2D eigenvalue weighted by molar-refractivity contribution is 14.1. The fraction of sp³-hybridized carbons (Fsp3) is 0.600. The van der Waals surface area contributed by atoms with Crippen LogP contribution in [0.3, 0.4) is 0 Å². The van der Waals surface area contributed by atoms with Crippen molar-refractivity contribution in [3.63, 3.8) is 0 Å². The van der Waals surface area contributed by atoms with Crippen LogP contribution in [0.2, 0.25) is 0 Å². The molecule has 1 aromatic heterocycles. The fourth-order valence-electron chi connectivity index (χ4n) is 2.49. The van der Waals surface area contributed by atoms with Crippen molar-refractivity contribution in [3.05, 3.63) is 16.0 Å². The zero-order valence-electron chi connectivity index (χ0n) is 8.36. The van der Waals surface area contributed by atoms with Gasteiger partial charge in [-0.2, -0.15) is 0 Å². The number of nitrogens with zero attached hydrogens (tertiary/aromatic N) is 3. The predicted octanol–water partition coefficient (Wildman–Crippen LogP) is 0.737. The van der Waals surface area contributed by atoms with Crippen molar-refractivity contribution in [2.24, 2.45) is 11.8 Å². The summed E-state index contributed by atoms with van der Waals surface area (Å²) in [4.78, 5) is 11.1. The van der Waals surface area contributed by atoms with E-state index < -0.39 is 0 Å². The van der Waals surface area contributed by atoms with Crippen molar-refractivity contribution >= 4 is 28.5 Å². The van der Waals surface area contributed by atoms with Gasteiger partial charge in [0.15, 0.2) is 0 Å². The zero-order valence-corrected chi connectivity index (χ0v) is 10.5. The summed E-state index contributed by atoms with van der Waals surface area (Å²) in [5.74, 6) is 2.49. The van der Waals surface area contributed by atoms with Crippen LogP contribution in [-0.2, 0) is 0 Å². The van der Waals surface area contributed by atoms with Gasteiger partial charge in [-0.05, 0) is 34.4 Å². The Hall–Kier alpha value is -0.430. The van der Waals surface area contributed by atoms with E-state index in [1.165, 1.54) is 0 Å². The average Bonchev–Trinajstić information content (AvgIpc) is 2.78. The van der Waals surface area contributed by atoms with Crippen molar-refractivity contribution < 1.29 is 0 Å². The minimum absolute atomic E-state index is 0.799. The Morgan fingerprint density at radius 1 is 1.20 bits per heavy atom. The summed E-state index contributed by atoms with van der Waals surface area (Å²) in [6, 6.07) is 0. The van der Waals surface area contributed by atoms with Crippen LogP contribution in [0.15, 0.2) is 12.4 Å². The van der Waals surface area contributed by atoms with Crippen LogP contribution in [0.1, 0.15) is 0 Å². The van der Waals surface area contributed by atoms with Crippen LogP contribution in [-0.4, -0.2) is 36.1 Å². The molecular weight excluding hydrogens is 303 g/mol. The third-order valence-electron chi connectivity index (χ3n) is 3.28. The molecule has 0 amide bonds. The second kappa shape index (κ2) is 3.86. The molecule has 0 aliphatic carbocycles. The number of rotatable bonds is 1. The van der Waals surface area contributed by atoms with E-state index in [1.54, 1.807) is 0 Å². The zero-order chi connectivity index (χ0) is 10.3. The Morgan fingerprint density at radius 3 is 2.40 bits per heavy atom. The Balaban J connectivity index is 1.76. The SMILES string of the molecule is Ic1cnc(N2C[C@H]3CNC[C@H]3C2)nc1. The number of halogens is 1. The van der Waals surface area contributed by atoms with Gasteiger partial charge in [-0.3, -0.25) is 0 Å². The van der Waals surface area contributed by atoms with Gasteiger partial charge < -0.3 is 10.2 Å². The van der Waals surface area contributed by atoms with Gasteiger partial charge in [0.1, 0.15) is 0 Å². The molecule has 2 saturated heterocycles. The van der Waals surface area contributed by atoms with E-state index in [0.717, 1.165) is 47.5 Å². The third-order valence-corrected chi connectivity index (χ3v) is 3.84. The summed E-state index contributed by atoms with van der Waals surface area (Å²) in [7, 11) is 0. The molecule has 2 aliphatic heterocycles. The molecule has 1 aromatic rings. The minimum Gasteiger partial charge on any atom is -0.340 e. The second-order valence-corrected chi connectivity index (χ2v) is 5.53. The molecule has 0 radical (unpaired) electrons. The van der Waals surface area contributed by atoms with Gasteiger partial charge in [0, 0.05) is 42.1 Å². The largest absolute Gasteiger partial charge is 0.340 e. The summed E-state index contributed by atoms with van der Waals surface area (Å²) in [5.41, 5.74) is 0. The van der Waals surface area contributed by atoms with Crippen LogP contribution >= 0.6 is 22.6 Å². The lowest BCUT2D eigenvalue weighted by molar-refractivity contribution is 0.533. The summed E-state index contributed by atoms with van der Waals surface area (Å²) < 4.78 is 1.09. The lowest BCUT2D eigenvalue weighted by atomic mass is 10.0. The van der Waals surface area contributed by atoms with Crippen LogP contribution in [0.4, 0.5) is 5.95 Å². The molecule has 0 aromatic carbocycles. The Labute approximate surface area is 103 Å². The molecule has 2 aliphatic rings. The molecule has 0 bridgehead atoms. The van der Waals surface area contributed by atoms with Gasteiger partial charge in [-0.1, -0.05) is 0 Å². The van der Waals surface area contributed by atoms with E-state index in [9.17, 15) is 0 Å². The molecule has 15 heavy (non-hydrogen) atoms. The molecule has 0 spiro atoms. The van der Waals surface area contributed by atoms with Crippen molar-refractivity contribution in [1.82, 2.24) is 15.3 Å². The summed E-state index contributed by atoms with van der Waals surface area (Å²) >= 11 is 2.23. The van der Waals surface area contributed by atoms with Crippen LogP contribution in [0.5, 0.6) is 0 Å². The highest BCUT2D eigenvalue weighted by Crippen LogP contribution is 2.28. The van der Waals surface area contributed by atoms with Crippen LogP contribution < -0.4 is 10.2 Å². The number of hydrogen-bond donors (Lipinski definition) is 1. The van der Waals surface area contributed by atoms with E-state index in [4.69, 9.17) is 0 Å². The smallest absolute Gasteiger partial charge is 0.225 e. The molecule has 2 fully saturated rings. The van der Waals surface area contributed by atoms with Gasteiger partial charge in [0.2, 0.25) is 5.95 Å². The third kappa shape index (κ3) is 1.82. The van der Waals surface area contributed by atoms with Crippen molar-refractivity contribution in [2.45, 2.75) is 0 Å². The maximum Gasteiger partial charge on any atom is 0.225 e. The van der Waals surface area contributed by atoms with E-state index >= 15 is 0 Å². The first-order valence-electron chi connectivity index (χ1n) is 5.26. The molecule has 3 heterocycles. The van der Waals surface area contributed by atoms with Gasteiger partial charge in [0.05, 0.1) is 0 Å². The summed E-state index contributed by atoms with van der Waals surface area (Å²) in [6.07, 6.45) is 3.77. The number of hydrogen-bond acceptors (Lipinski definition) is 4. The molecule has 0 saturated carbocycles. The first-order chi connectivity index (χ1) is 7.33.